The van der Waals surface area contributed by atoms with Gasteiger partial charge >= 0.3 is 0 Å². The molecule has 0 bridgehead atoms. The molecule has 0 saturated carbocycles. The number of benzene rings is 2. The molecule has 0 spiro atoms. The molecule has 2 aromatic rings. The van der Waals surface area contributed by atoms with E-state index in [4.69, 9.17) is 4.74 Å². The van der Waals surface area contributed by atoms with Gasteiger partial charge < -0.3 is 15.0 Å². The molecular weight excluding hydrogens is 374 g/mol. The van der Waals surface area contributed by atoms with Gasteiger partial charge in [-0.05, 0) is 18.6 Å². The Morgan fingerprint density at radius 2 is 1.61 bits per heavy atom. The van der Waals surface area contributed by atoms with E-state index in [9.17, 15) is 4.79 Å². The van der Waals surface area contributed by atoms with Gasteiger partial charge in [0, 0.05) is 50.9 Å². The average Bonchev–Trinajstić information content (AvgIpc) is 3.24. The minimum Gasteiger partial charge on any atom is -0.476 e. The number of nitrogens with one attached hydrogen (secondary N) is 1. The molecule has 28 heavy (non-hydrogen) atoms. The van der Waals surface area contributed by atoms with Crippen LogP contribution >= 0.6 is 12.4 Å². The monoisotopic (exact) mass is 401 g/mol. The van der Waals surface area contributed by atoms with Gasteiger partial charge in [0.05, 0.1) is 0 Å². The van der Waals surface area contributed by atoms with Crippen LogP contribution in [0.1, 0.15) is 18.1 Å². The molecule has 2 aromatic carbocycles. The fourth-order valence-corrected chi connectivity index (χ4v) is 3.98. The number of ether oxygens (including phenoxy) is 1. The van der Waals surface area contributed by atoms with Gasteiger partial charge in [-0.2, -0.15) is 0 Å². The molecule has 5 nitrogen and oxygen atoms in total. The van der Waals surface area contributed by atoms with Gasteiger partial charge in [0.15, 0.2) is 0 Å². The molecule has 6 heteroatoms. The molecule has 0 aliphatic carbocycles. The Bertz CT molecular complexity index is 738. The lowest BCUT2D eigenvalue weighted by molar-refractivity contribution is -0.138. The third kappa shape index (κ3) is 4.85. The predicted molar refractivity (Wildman–Crippen MR) is 113 cm³/mol. The Balaban J connectivity index is 0.00000225. The first-order valence-electron chi connectivity index (χ1n) is 9.81. The molecule has 2 aliphatic heterocycles. The number of para-hydroxylation sites is 1. The second kappa shape index (κ2) is 9.92. The quantitative estimate of drug-likeness (QED) is 0.836. The molecule has 0 radical (unpaired) electrons. The second-order valence-electron chi connectivity index (χ2n) is 7.23. The molecule has 2 fully saturated rings. The molecule has 150 valence electrons. The topological polar surface area (TPSA) is 44.8 Å². The fraction of sp³-hybridized carbons (Fsp3) is 0.409. The Labute approximate surface area is 173 Å². The Morgan fingerprint density at radius 3 is 2.29 bits per heavy atom. The molecule has 2 aliphatic rings. The van der Waals surface area contributed by atoms with Crippen molar-refractivity contribution in [3.8, 4) is 5.75 Å². The van der Waals surface area contributed by atoms with E-state index in [1.807, 2.05) is 65.6 Å². The van der Waals surface area contributed by atoms with E-state index < -0.39 is 6.10 Å². The van der Waals surface area contributed by atoms with Crippen LogP contribution in [-0.4, -0.2) is 61.0 Å². The van der Waals surface area contributed by atoms with Gasteiger partial charge in [0.1, 0.15) is 5.75 Å². The van der Waals surface area contributed by atoms with Crippen LogP contribution < -0.4 is 10.1 Å². The summed E-state index contributed by atoms with van der Waals surface area (Å²) in [6.45, 7) is 5.79. The lowest BCUT2D eigenvalue weighted by Gasteiger charge is -2.33. The van der Waals surface area contributed by atoms with Gasteiger partial charge in [-0.3, -0.25) is 9.69 Å². The summed E-state index contributed by atoms with van der Waals surface area (Å²) in [6.07, 6.45) is 0.439. The van der Waals surface area contributed by atoms with Crippen molar-refractivity contribution in [2.24, 2.45) is 0 Å². The number of carbonyl (C=O) groups is 1. The number of hydrogen-bond acceptors (Lipinski definition) is 4. The summed E-state index contributed by atoms with van der Waals surface area (Å²) < 4.78 is 6.14. The van der Waals surface area contributed by atoms with Crippen LogP contribution in [0.25, 0.3) is 0 Å². The number of nitrogens with zero attached hydrogens (tertiary/aromatic N) is 2. The van der Waals surface area contributed by atoms with Crippen molar-refractivity contribution in [1.82, 2.24) is 15.1 Å². The zero-order valence-corrected chi connectivity index (χ0v) is 16.8. The highest BCUT2D eigenvalue weighted by Crippen LogP contribution is 2.26. The zero-order chi connectivity index (χ0) is 18.5. The number of hydrogen-bond donors (Lipinski definition) is 1. The van der Waals surface area contributed by atoms with Crippen LogP contribution in [0.3, 0.4) is 0 Å². The second-order valence-corrected chi connectivity index (χ2v) is 7.23. The van der Waals surface area contributed by atoms with E-state index in [1.165, 1.54) is 0 Å². The number of halogens is 1. The molecular formula is C22H28ClN3O2. The van der Waals surface area contributed by atoms with Crippen molar-refractivity contribution in [3.05, 3.63) is 66.2 Å². The van der Waals surface area contributed by atoms with E-state index in [-0.39, 0.29) is 18.3 Å². The van der Waals surface area contributed by atoms with Crippen molar-refractivity contribution in [2.45, 2.75) is 18.6 Å². The average molecular weight is 402 g/mol. The first kappa shape index (κ1) is 20.6. The maximum absolute atomic E-state index is 13.3. The highest BCUT2D eigenvalue weighted by atomic mass is 35.5. The zero-order valence-electron chi connectivity index (χ0n) is 16.0. The lowest BCUT2D eigenvalue weighted by Crippen LogP contribution is -2.49. The lowest BCUT2D eigenvalue weighted by atomic mass is 10.1. The highest BCUT2D eigenvalue weighted by Gasteiger charge is 2.35. The number of amides is 1. The third-order valence-electron chi connectivity index (χ3n) is 5.47. The summed E-state index contributed by atoms with van der Waals surface area (Å²) in [5, 5.41) is 3.40. The van der Waals surface area contributed by atoms with Crippen molar-refractivity contribution < 1.29 is 9.53 Å². The molecule has 2 unspecified atom stereocenters. The van der Waals surface area contributed by atoms with Crippen molar-refractivity contribution in [3.63, 3.8) is 0 Å². The maximum atomic E-state index is 13.3. The Hall–Kier alpha value is -2.08. The molecule has 0 aromatic heterocycles. The summed E-state index contributed by atoms with van der Waals surface area (Å²) in [5.74, 6) is 0.778. The van der Waals surface area contributed by atoms with Gasteiger partial charge in [-0.25, -0.2) is 0 Å². The Kier molecular flexibility index (Phi) is 7.31. The Morgan fingerprint density at radius 1 is 0.964 bits per heavy atom. The van der Waals surface area contributed by atoms with Gasteiger partial charge in [-0.15, -0.1) is 12.4 Å². The van der Waals surface area contributed by atoms with E-state index in [0.717, 1.165) is 57.0 Å². The number of piperazine rings is 1. The first-order chi connectivity index (χ1) is 13.3. The van der Waals surface area contributed by atoms with E-state index >= 15 is 0 Å². The van der Waals surface area contributed by atoms with Crippen LogP contribution in [0.15, 0.2) is 60.7 Å². The minimum absolute atomic E-state index is 0. The summed E-state index contributed by atoms with van der Waals surface area (Å²) in [6, 6.07) is 19.9. The summed E-state index contributed by atoms with van der Waals surface area (Å²) in [4.78, 5) is 17.8. The van der Waals surface area contributed by atoms with Gasteiger partial charge in [-0.1, -0.05) is 48.5 Å². The molecule has 1 N–H and O–H groups in total. The third-order valence-corrected chi connectivity index (χ3v) is 5.47. The number of rotatable bonds is 5. The number of carbonyl (C=O) groups excluding carboxylic acids is 1. The molecule has 1 amide bonds. The molecule has 4 rings (SSSR count). The summed E-state index contributed by atoms with van der Waals surface area (Å²) >= 11 is 0. The standard InChI is InChI=1S/C22H27N3O2.ClH/c26-22(25-14-11-19(17-25)24-15-12-23-13-16-24)21(18-7-3-1-4-8-18)27-20-9-5-2-6-10-20;/h1-10,19,21,23H,11-17H2;1H. The van der Waals surface area contributed by atoms with Crippen LogP contribution in [0, 0.1) is 0 Å². The van der Waals surface area contributed by atoms with Crippen molar-refractivity contribution in [2.75, 3.05) is 39.3 Å². The van der Waals surface area contributed by atoms with E-state index in [0.29, 0.717) is 6.04 Å². The largest absolute Gasteiger partial charge is 0.476 e. The SMILES string of the molecule is Cl.O=C(C(Oc1ccccc1)c1ccccc1)N1CCC(N2CCNCC2)C1. The van der Waals surface area contributed by atoms with Crippen molar-refractivity contribution in [1.29, 1.82) is 0 Å². The molecule has 2 heterocycles. The van der Waals surface area contributed by atoms with E-state index in [1.54, 1.807) is 0 Å². The van der Waals surface area contributed by atoms with Gasteiger partial charge in [0.25, 0.3) is 5.91 Å². The number of likely N-dealkylation sites (tertiary alicyclic amines) is 1. The van der Waals surface area contributed by atoms with Crippen LogP contribution in [-0.2, 0) is 4.79 Å². The predicted octanol–water partition coefficient (Wildman–Crippen LogP) is 2.73. The highest BCUT2D eigenvalue weighted by molar-refractivity contribution is 5.85. The van der Waals surface area contributed by atoms with Crippen molar-refractivity contribution >= 4 is 18.3 Å². The molecule has 2 saturated heterocycles. The molecule has 2 atom stereocenters. The summed E-state index contributed by atoms with van der Waals surface area (Å²) in [7, 11) is 0. The van der Waals surface area contributed by atoms with Crippen LogP contribution in [0.5, 0.6) is 5.75 Å². The van der Waals surface area contributed by atoms with Crippen LogP contribution in [0.2, 0.25) is 0 Å². The smallest absolute Gasteiger partial charge is 0.268 e. The normalized spacial score (nSPS) is 21.0. The van der Waals surface area contributed by atoms with Gasteiger partial charge in [0.2, 0.25) is 6.10 Å². The first-order valence-corrected chi connectivity index (χ1v) is 9.81. The summed E-state index contributed by atoms with van der Waals surface area (Å²) in [5.41, 5.74) is 0.900. The maximum Gasteiger partial charge on any atom is 0.268 e. The minimum atomic E-state index is -0.602. The van der Waals surface area contributed by atoms with E-state index in [2.05, 4.69) is 10.2 Å². The fourth-order valence-electron chi connectivity index (χ4n) is 3.98. The van der Waals surface area contributed by atoms with Crippen LogP contribution in [0.4, 0.5) is 0 Å².